The molecule has 0 aliphatic heterocycles. The Morgan fingerprint density at radius 3 is 1.30 bits per heavy atom. The molecule has 0 spiro atoms. The van der Waals surface area contributed by atoms with E-state index in [1.165, 1.54) is 26.0 Å². The molecule has 0 fully saturated rings. The number of aryl methyl sites for hydroxylation is 4. The van der Waals surface area contributed by atoms with Crippen molar-refractivity contribution in [3.05, 3.63) is 115 Å². The first kappa shape index (κ1) is 31.6. The molecule has 16 heteroatoms. The van der Waals surface area contributed by atoms with E-state index in [0.29, 0.717) is 50.8 Å². The first-order chi connectivity index (χ1) is 20.4. The van der Waals surface area contributed by atoms with Gasteiger partial charge in [0.25, 0.3) is 5.52 Å². The number of aromatic nitrogens is 9. The fraction of sp³-hybridized carbons (Fsp3) is 0.222. The van der Waals surface area contributed by atoms with Gasteiger partial charge in [-0.05, 0) is 43.2 Å². The zero-order valence-corrected chi connectivity index (χ0v) is 24.3. The summed E-state index contributed by atoms with van der Waals surface area (Å²) in [6.45, 7) is 10.7. The molecule has 0 aliphatic rings. The van der Waals surface area contributed by atoms with Crippen LogP contribution < -0.4 is 34.5 Å². The van der Waals surface area contributed by atoms with Gasteiger partial charge in [0, 0.05) is 36.9 Å². The topological polar surface area (TPSA) is 226 Å². The summed E-state index contributed by atoms with van der Waals surface area (Å²) in [6.07, 6.45) is 0. The molecule has 2 N–H and O–H groups in total. The highest BCUT2D eigenvalue weighted by Gasteiger charge is 2.19. The molecule has 0 amide bonds. The summed E-state index contributed by atoms with van der Waals surface area (Å²) in [5, 5.41) is 78.5. The Balaban J connectivity index is 0.000000172. The summed E-state index contributed by atoms with van der Waals surface area (Å²) >= 11 is 0. The normalized spacial score (nSPS) is 10.3. The molecule has 0 atom stereocenters. The Morgan fingerprint density at radius 2 is 0.860 bits per heavy atom. The summed E-state index contributed by atoms with van der Waals surface area (Å²) in [4.78, 5) is 1.29. The lowest BCUT2D eigenvalue weighted by molar-refractivity contribution is -0.684. The van der Waals surface area contributed by atoms with Crippen LogP contribution in [0.3, 0.4) is 0 Å². The van der Waals surface area contributed by atoms with Gasteiger partial charge in [-0.1, -0.05) is 38.1 Å². The summed E-state index contributed by atoms with van der Waals surface area (Å²) in [5.41, 5.74) is 8.75. The summed E-state index contributed by atoms with van der Waals surface area (Å²) in [5.74, 6) is -0.0543. The van der Waals surface area contributed by atoms with Crippen LogP contribution in [-0.2, 0) is 0 Å². The van der Waals surface area contributed by atoms with E-state index in [-0.39, 0.29) is 28.6 Å². The lowest BCUT2D eigenvalue weighted by Crippen LogP contribution is -2.44. The highest BCUT2D eigenvalue weighted by atomic mass is 16.5. The molecule has 43 heavy (non-hydrogen) atoms. The van der Waals surface area contributed by atoms with Crippen molar-refractivity contribution in [2.24, 2.45) is 0 Å². The Labute approximate surface area is 245 Å². The monoisotopic (exact) mass is 590 g/mol. The molecule has 0 aliphatic carbocycles. The number of benzene rings is 3. The molecule has 0 radical (unpaired) electrons. The minimum Gasteiger partial charge on any atom is -0.739 e. The SMILES string of the molecule is CC.Cc1ccc2c(c1)[n+]([O-])nc(C)[n+]2[O-].Cc1ccc2c(c1)[n+]([O-])nc(C)[n+]2[O-].Nc1n[n+]([O-])c2ccccc2[n+]1[O-]. The molecule has 3 aromatic heterocycles. The third-order valence-corrected chi connectivity index (χ3v) is 5.88. The van der Waals surface area contributed by atoms with Gasteiger partial charge in [0.2, 0.25) is 26.3 Å². The molecule has 0 unspecified atom stereocenters. The van der Waals surface area contributed by atoms with Gasteiger partial charge in [-0.3, -0.25) is 5.73 Å². The van der Waals surface area contributed by atoms with Crippen molar-refractivity contribution in [1.29, 1.82) is 0 Å². The average molecular weight is 591 g/mol. The van der Waals surface area contributed by atoms with Gasteiger partial charge in [-0.25, -0.2) is 14.2 Å². The molecule has 0 bridgehead atoms. The highest BCUT2D eigenvalue weighted by molar-refractivity contribution is 5.69. The van der Waals surface area contributed by atoms with Crippen LogP contribution in [0, 0.1) is 58.9 Å². The van der Waals surface area contributed by atoms with Crippen LogP contribution in [0.4, 0.5) is 5.95 Å². The molecule has 3 aromatic carbocycles. The second-order valence-electron chi connectivity index (χ2n) is 8.93. The van der Waals surface area contributed by atoms with E-state index in [1.807, 2.05) is 27.7 Å². The molecule has 0 saturated carbocycles. The van der Waals surface area contributed by atoms with E-state index in [9.17, 15) is 31.2 Å². The van der Waals surface area contributed by atoms with E-state index in [1.54, 1.807) is 48.5 Å². The first-order valence-electron chi connectivity index (χ1n) is 13.0. The second kappa shape index (κ2) is 13.2. The zero-order valence-electron chi connectivity index (χ0n) is 24.3. The summed E-state index contributed by atoms with van der Waals surface area (Å²) in [7, 11) is 0. The highest BCUT2D eigenvalue weighted by Crippen LogP contribution is 2.08. The predicted molar refractivity (Wildman–Crippen MR) is 154 cm³/mol. The Morgan fingerprint density at radius 1 is 0.488 bits per heavy atom. The van der Waals surface area contributed by atoms with Gasteiger partial charge >= 0.3 is 28.6 Å². The zero-order chi connectivity index (χ0) is 32.0. The van der Waals surface area contributed by atoms with E-state index < -0.39 is 0 Å². The van der Waals surface area contributed by atoms with Crippen LogP contribution in [-0.4, -0.2) is 15.3 Å². The van der Waals surface area contributed by atoms with Gasteiger partial charge in [0.05, 0.1) is 9.69 Å². The van der Waals surface area contributed by atoms with Crippen molar-refractivity contribution in [1.82, 2.24) is 15.3 Å². The molecule has 224 valence electrons. The van der Waals surface area contributed by atoms with Crippen LogP contribution in [0.25, 0.3) is 33.1 Å². The number of fused-ring (bicyclic) bond motifs is 3. The Kier molecular flexibility index (Phi) is 9.67. The third-order valence-electron chi connectivity index (χ3n) is 5.88. The van der Waals surface area contributed by atoms with Crippen molar-refractivity contribution in [2.75, 3.05) is 5.73 Å². The van der Waals surface area contributed by atoms with Crippen molar-refractivity contribution in [3.63, 3.8) is 0 Å². The molecule has 3 heterocycles. The third kappa shape index (κ3) is 6.70. The van der Waals surface area contributed by atoms with Crippen molar-refractivity contribution >= 4 is 39.0 Å². The predicted octanol–water partition coefficient (Wildman–Crippen LogP) is 0.347. The maximum atomic E-state index is 11.5. The van der Waals surface area contributed by atoms with Crippen molar-refractivity contribution in [3.8, 4) is 0 Å². The van der Waals surface area contributed by atoms with Gasteiger partial charge in [-0.2, -0.15) is 0 Å². The van der Waals surface area contributed by atoms with E-state index >= 15 is 0 Å². The van der Waals surface area contributed by atoms with Crippen molar-refractivity contribution < 1.29 is 28.7 Å². The van der Waals surface area contributed by atoms with Crippen LogP contribution in [0.15, 0.2) is 60.7 Å². The molecular formula is C27H30N10O6. The number of rotatable bonds is 0. The summed E-state index contributed by atoms with van der Waals surface area (Å²) in [6, 6.07) is 16.4. The van der Waals surface area contributed by atoms with Crippen LogP contribution in [0.5, 0.6) is 0 Å². The number of nitrogen functional groups attached to an aromatic ring is 1. The minimum atomic E-state index is -0.353. The smallest absolute Gasteiger partial charge is 0.458 e. The fourth-order valence-corrected chi connectivity index (χ4v) is 3.83. The largest absolute Gasteiger partial charge is 0.739 e. The van der Waals surface area contributed by atoms with Crippen molar-refractivity contribution in [2.45, 2.75) is 41.5 Å². The van der Waals surface area contributed by atoms with Gasteiger partial charge in [-0.15, -0.1) is 0 Å². The standard InChI is InChI=1S/2C9H9N3O2.C7H6N4O2.C2H6/c2*1-6-3-4-8-9(5-6)12(14)10-7(2)11(8)13;8-7-9-11(13)6-4-2-1-3-5(6)10(7)12;1-2/h2*3-5H,1-2H3;1-4H,(H2,8,9);1-2H3. The lowest BCUT2D eigenvalue weighted by Gasteiger charge is -2.05. The number of para-hydroxylation sites is 2. The molecular weight excluding hydrogens is 560 g/mol. The first-order valence-corrected chi connectivity index (χ1v) is 13.0. The van der Waals surface area contributed by atoms with Gasteiger partial charge < -0.3 is 31.2 Å². The van der Waals surface area contributed by atoms with Crippen LogP contribution in [0.2, 0.25) is 0 Å². The number of hydrogen-bond donors (Lipinski definition) is 1. The lowest BCUT2D eigenvalue weighted by atomic mass is 10.2. The maximum absolute atomic E-state index is 11.5. The molecule has 16 nitrogen and oxygen atoms in total. The summed E-state index contributed by atoms with van der Waals surface area (Å²) < 4.78 is 1.73. The van der Waals surface area contributed by atoms with Crippen LogP contribution >= 0.6 is 0 Å². The molecule has 6 aromatic rings. The molecule has 6 rings (SSSR count). The van der Waals surface area contributed by atoms with Gasteiger partial charge in [0.15, 0.2) is 5.52 Å². The number of anilines is 1. The average Bonchev–Trinajstić information content (AvgIpc) is 2.99. The maximum Gasteiger partial charge on any atom is 0.458 e. The van der Waals surface area contributed by atoms with E-state index in [0.717, 1.165) is 11.1 Å². The van der Waals surface area contributed by atoms with Crippen LogP contribution in [0.1, 0.15) is 36.6 Å². The quantitative estimate of drug-likeness (QED) is 0.188. The van der Waals surface area contributed by atoms with E-state index in [2.05, 4.69) is 15.3 Å². The minimum absolute atomic E-state index is 0.149. The fourth-order valence-electron chi connectivity index (χ4n) is 3.83. The number of hydrogen-bond acceptors (Lipinski definition) is 10. The number of nitrogens with two attached hydrogens (primary N) is 1. The second-order valence-corrected chi connectivity index (χ2v) is 8.93. The molecule has 0 saturated heterocycles. The Bertz CT molecular complexity index is 1840. The van der Waals surface area contributed by atoms with E-state index in [4.69, 9.17) is 5.73 Å². The Hall–Kier alpha value is -5.93. The van der Waals surface area contributed by atoms with Gasteiger partial charge in [0.1, 0.15) is 0 Å². The number of nitrogens with zero attached hydrogens (tertiary/aromatic N) is 9.